The van der Waals surface area contributed by atoms with E-state index < -0.39 is 0 Å². The van der Waals surface area contributed by atoms with Crippen molar-refractivity contribution in [3.05, 3.63) is 47.3 Å². The molecular formula is C19H22N2. The van der Waals surface area contributed by atoms with Gasteiger partial charge in [-0.25, -0.2) is 0 Å². The smallest absolute Gasteiger partial charge is 0.0759 e. The van der Waals surface area contributed by atoms with E-state index in [-0.39, 0.29) is 0 Å². The lowest BCUT2D eigenvalue weighted by Gasteiger charge is -2.12. The van der Waals surface area contributed by atoms with Crippen LogP contribution in [-0.2, 0) is 6.42 Å². The Morgan fingerprint density at radius 2 is 1.95 bits per heavy atom. The lowest BCUT2D eigenvalue weighted by atomic mass is 9.94. The molecule has 0 bridgehead atoms. The molecule has 2 heteroatoms. The second kappa shape index (κ2) is 5.44. The standard InChI is InChI=1S/C19H22N2/c1-12(2)7-15-8-13(3)17-5-6-20-19(18(17)10-15)16-9-14(4)21-11-16/h5-6,8-10,12H,7,11H2,1-4H3. The number of allylic oxidation sites excluding steroid dienone is 1. The summed E-state index contributed by atoms with van der Waals surface area (Å²) in [7, 11) is 0. The maximum atomic E-state index is 4.64. The topological polar surface area (TPSA) is 25.2 Å². The number of aryl methyl sites for hydroxylation is 1. The third-order valence-corrected chi connectivity index (χ3v) is 3.98. The molecule has 0 saturated carbocycles. The Balaban J connectivity index is 2.17. The van der Waals surface area contributed by atoms with E-state index >= 15 is 0 Å². The Bertz CT molecular complexity index is 751. The molecule has 0 radical (unpaired) electrons. The van der Waals surface area contributed by atoms with E-state index in [1.807, 2.05) is 13.1 Å². The van der Waals surface area contributed by atoms with Gasteiger partial charge in [-0.2, -0.15) is 0 Å². The van der Waals surface area contributed by atoms with Gasteiger partial charge in [0.15, 0.2) is 0 Å². The minimum absolute atomic E-state index is 0.665. The second-order valence-electron chi connectivity index (χ2n) is 6.39. The van der Waals surface area contributed by atoms with Crippen molar-refractivity contribution in [3.63, 3.8) is 0 Å². The Morgan fingerprint density at radius 3 is 2.62 bits per heavy atom. The summed E-state index contributed by atoms with van der Waals surface area (Å²) < 4.78 is 0. The van der Waals surface area contributed by atoms with E-state index in [1.165, 1.54) is 27.5 Å². The summed E-state index contributed by atoms with van der Waals surface area (Å²) in [5.74, 6) is 0.665. The number of nitrogens with zero attached hydrogens (tertiary/aromatic N) is 2. The molecular weight excluding hydrogens is 256 g/mol. The summed E-state index contributed by atoms with van der Waals surface area (Å²) in [6.45, 7) is 9.53. The molecule has 1 aliphatic rings. The largest absolute Gasteiger partial charge is 0.285 e. The van der Waals surface area contributed by atoms with E-state index in [0.717, 1.165) is 24.4 Å². The van der Waals surface area contributed by atoms with Gasteiger partial charge in [0.25, 0.3) is 0 Å². The second-order valence-corrected chi connectivity index (χ2v) is 6.39. The van der Waals surface area contributed by atoms with Crippen LogP contribution in [0.3, 0.4) is 0 Å². The predicted molar refractivity (Wildman–Crippen MR) is 91.0 cm³/mol. The molecule has 1 aromatic heterocycles. The van der Waals surface area contributed by atoms with Crippen LogP contribution in [0.2, 0.25) is 0 Å². The quantitative estimate of drug-likeness (QED) is 0.805. The van der Waals surface area contributed by atoms with Crippen LogP contribution in [0.4, 0.5) is 0 Å². The van der Waals surface area contributed by atoms with Crippen molar-refractivity contribution >= 4 is 22.1 Å². The number of hydrogen-bond donors (Lipinski definition) is 0. The van der Waals surface area contributed by atoms with Gasteiger partial charge in [0.2, 0.25) is 0 Å². The summed E-state index contributed by atoms with van der Waals surface area (Å²) in [4.78, 5) is 9.12. The van der Waals surface area contributed by atoms with E-state index in [2.05, 4.69) is 55.0 Å². The van der Waals surface area contributed by atoms with Gasteiger partial charge >= 0.3 is 0 Å². The Morgan fingerprint density at radius 1 is 1.14 bits per heavy atom. The molecule has 0 unspecified atom stereocenters. The first-order valence-corrected chi connectivity index (χ1v) is 7.65. The minimum atomic E-state index is 0.665. The molecule has 108 valence electrons. The number of benzene rings is 1. The Kier molecular flexibility index (Phi) is 3.62. The summed E-state index contributed by atoms with van der Waals surface area (Å²) in [5, 5.41) is 2.57. The summed E-state index contributed by atoms with van der Waals surface area (Å²) in [6, 6.07) is 6.76. The number of fused-ring (bicyclic) bond motifs is 1. The zero-order chi connectivity index (χ0) is 15.0. The van der Waals surface area contributed by atoms with Gasteiger partial charge in [-0.1, -0.05) is 19.9 Å². The molecule has 2 heterocycles. The SMILES string of the molecule is CC1=NCC(c2nccc3c(C)cc(CC(C)C)cc23)=C1. The maximum absolute atomic E-state index is 4.64. The first-order chi connectivity index (χ1) is 10.0. The molecule has 0 saturated heterocycles. The molecule has 0 aliphatic carbocycles. The highest BCUT2D eigenvalue weighted by Crippen LogP contribution is 2.29. The van der Waals surface area contributed by atoms with Crippen LogP contribution in [0.5, 0.6) is 0 Å². The number of hydrogen-bond acceptors (Lipinski definition) is 2. The van der Waals surface area contributed by atoms with E-state index in [9.17, 15) is 0 Å². The molecule has 0 N–H and O–H groups in total. The van der Waals surface area contributed by atoms with Crippen LogP contribution in [0.15, 0.2) is 35.5 Å². The third-order valence-electron chi connectivity index (χ3n) is 3.98. The zero-order valence-corrected chi connectivity index (χ0v) is 13.3. The van der Waals surface area contributed by atoms with Gasteiger partial charge in [0.1, 0.15) is 0 Å². The molecule has 21 heavy (non-hydrogen) atoms. The summed E-state index contributed by atoms with van der Waals surface area (Å²) in [6.07, 6.45) is 5.19. The van der Waals surface area contributed by atoms with Gasteiger partial charge in [-0.15, -0.1) is 0 Å². The van der Waals surface area contributed by atoms with Crippen molar-refractivity contribution in [2.45, 2.75) is 34.1 Å². The van der Waals surface area contributed by atoms with E-state index in [4.69, 9.17) is 0 Å². The number of rotatable bonds is 3. The van der Waals surface area contributed by atoms with Crippen LogP contribution >= 0.6 is 0 Å². The number of aromatic nitrogens is 1. The average Bonchev–Trinajstić information content (AvgIpc) is 2.84. The predicted octanol–water partition coefficient (Wildman–Crippen LogP) is 4.60. The Labute approximate surface area is 126 Å². The molecule has 0 atom stereocenters. The monoisotopic (exact) mass is 278 g/mol. The van der Waals surface area contributed by atoms with Crippen molar-refractivity contribution in [1.29, 1.82) is 0 Å². The molecule has 0 fully saturated rings. The fraction of sp³-hybridized carbons (Fsp3) is 0.368. The highest BCUT2D eigenvalue weighted by atomic mass is 14.8. The molecule has 0 amide bonds. The third kappa shape index (κ3) is 2.76. The number of pyridine rings is 1. The van der Waals surface area contributed by atoms with Gasteiger partial charge in [0, 0.05) is 22.9 Å². The summed E-state index contributed by atoms with van der Waals surface area (Å²) >= 11 is 0. The molecule has 3 rings (SSSR count). The van der Waals surface area contributed by atoms with Crippen LogP contribution in [0, 0.1) is 12.8 Å². The van der Waals surface area contributed by atoms with E-state index in [0.29, 0.717) is 5.92 Å². The van der Waals surface area contributed by atoms with Crippen molar-refractivity contribution in [3.8, 4) is 0 Å². The van der Waals surface area contributed by atoms with Crippen molar-refractivity contribution in [2.75, 3.05) is 6.54 Å². The van der Waals surface area contributed by atoms with Crippen LogP contribution in [0.1, 0.15) is 37.6 Å². The highest BCUT2D eigenvalue weighted by Gasteiger charge is 2.14. The van der Waals surface area contributed by atoms with Gasteiger partial charge < -0.3 is 0 Å². The minimum Gasteiger partial charge on any atom is -0.285 e. The fourth-order valence-corrected chi connectivity index (χ4v) is 3.09. The fourth-order valence-electron chi connectivity index (χ4n) is 3.09. The van der Waals surface area contributed by atoms with Crippen LogP contribution < -0.4 is 0 Å². The molecule has 2 nitrogen and oxygen atoms in total. The molecule has 2 aromatic rings. The van der Waals surface area contributed by atoms with Crippen molar-refractivity contribution in [1.82, 2.24) is 4.98 Å². The first kappa shape index (κ1) is 14.0. The van der Waals surface area contributed by atoms with Crippen molar-refractivity contribution in [2.24, 2.45) is 10.9 Å². The lowest BCUT2D eigenvalue weighted by molar-refractivity contribution is 0.647. The van der Waals surface area contributed by atoms with Gasteiger partial charge in [-0.05, 0) is 60.9 Å². The van der Waals surface area contributed by atoms with Crippen LogP contribution in [-0.4, -0.2) is 17.2 Å². The highest BCUT2D eigenvalue weighted by molar-refractivity contribution is 6.06. The normalized spacial score (nSPS) is 14.7. The van der Waals surface area contributed by atoms with Crippen LogP contribution in [0.25, 0.3) is 16.3 Å². The van der Waals surface area contributed by atoms with Crippen molar-refractivity contribution < 1.29 is 0 Å². The molecule has 1 aliphatic heterocycles. The summed E-state index contributed by atoms with van der Waals surface area (Å²) in [5.41, 5.74) is 6.17. The Hall–Kier alpha value is -1.96. The lowest BCUT2D eigenvalue weighted by Crippen LogP contribution is -1.98. The van der Waals surface area contributed by atoms with E-state index in [1.54, 1.807) is 0 Å². The van der Waals surface area contributed by atoms with Gasteiger partial charge in [0.05, 0.1) is 12.2 Å². The molecule has 0 spiro atoms. The zero-order valence-electron chi connectivity index (χ0n) is 13.3. The number of aliphatic imine (C=N–C) groups is 1. The van der Waals surface area contributed by atoms with Gasteiger partial charge in [-0.3, -0.25) is 9.98 Å². The first-order valence-electron chi connectivity index (χ1n) is 7.65. The molecule has 1 aromatic carbocycles. The maximum Gasteiger partial charge on any atom is 0.0759 e. The average molecular weight is 278 g/mol.